The topological polar surface area (TPSA) is 57.2 Å². The molecule has 1 rings (SSSR count). The van der Waals surface area contributed by atoms with Gasteiger partial charge >= 0.3 is 0 Å². The van der Waals surface area contributed by atoms with E-state index in [1.807, 2.05) is 34.6 Å². The summed E-state index contributed by atoms with van der Waals surface area (Å²) in [7, 11) is -4.42. The summed E-state index contributed by atoms with van der Waals surface area (Å²) in [5, 5.41) is 0. The molecule has 17 heavy (non-hydrogen) atoms. The molecule has 0 saturated carbocycles. The largest absolute Gasteiger partial charge is 0.744 e. The van der Waals surface area contributed by atoms with Crippen LogP contribution in [0, 0.1) is 6.92 Å². The summed E-state index contributed by atoms with van der Waals surface area (Å²) in [5.41, 5.74) is 2.25. The van der Waals surface area contributed by atoms with Crippen molar-refractivity contribution in [3.05, 3.63) is 28.8 Å². The fourth-order valence-corrected chi connectivity index (χ4v) is 3.14. The molecule has 1 aromatic carbocycles. The van der Waals surface area contributed by atoms with Gasteiger partial charge in [-0.25, -0.2) is 8.42 Å². The maximum atomic E-state index is 11.4. The molecule has 0 bridgehead atoms. The molecule has 0 spiro atoms. The van der Waals surface area contributed by atoms with Gasteiger partial charge in [0.2, 0.25) is 0 Å². The van der Waals surface area contributed by atoms with Gasteiger partial charge in [0.1, 0.15) is 10.1 Å². The van der Waals surface area contributed by atoms with E-state index in [4.69, 9.17) is 0 Å². The van der Waals surface area contributed by atoms with Crippen LogP contribution in [0.5, 0.6) is 0 Å². The lowest BCUT2D eigenvalue weighted by atomic mass is 9.93. The molecule has 1 aromatic rings. The minimum absolute atomic E-state index is 0.0196. The van der Waals surface area contributed by atoms with Gasteiger partial charge < -0.3 is 4.55 Å². The summed E-state index contributed by atoms with van der Waals surface area (Å²) in [6.45, 7) is 9.50. The Morgan fingerprint density at radius 3 is 1.59 bits per heavy atom. The van der Waals surface area contributed by atoms with Crippen molar-refractivity contribution in [2.75, 3.05) is 0 Å². The summed E-state index contributed by atoms with van der Waals surface area (Å²) < 4.78 is 34.3. The van der Waals surface area contributed by atoms with Gasteiger partial charge in [-0.15, -0.1) is 0 Å². The van der Waals surface area contributed by atoms with Gasteiger partial charge in [-0.2, -0.15) is 0 Å². The maximum Gasteiger partial charge on any atom is 0.124 e. The highest BCUT2D eigenvalue weighted by Gasteiger charge is 2.19. The van der Waals surface area contributed by atoms with Crippen molar-refractivity contribution in [3.8, 4) is 0 Å². The molecule has 4 heteroatoms. The Hall–Kier alpha value is -0.870. The Morgan fingerprint density at radius 1 is 1.00 bits per heavy atom. The fraction of sp³-hybridized carbons (Fsp3) is 0.538. The Bertz CT molecular complexity index is 484. The number of aryl methyl sites for hydroxylation is 1. The van der Waals surface area contributed by atoms with E-state index in [0.29, 0.717) is 11.1 Å². The van der Waals surface area contributed by atoms with Crippen LogP contribution in [0.2, 0.25) is 0 Å². The molecule has 0 fully saturated rings. The summed E-state index contributed by atoms with van der Waals surface area (Å²) >= 11 is 0. The molecule has 0 aliphatic rings. The van der Waals surface area contributed by atoms with Crippen molar-refractivity contribution >= 4 is 10.1 Å². The van der Waals surface area contributed by atoms with Crippen LogP contribution in [0.1, 0.15) is 56.2 Å². The third kappa shape index (κ3) is 3.07. The third-order valence-corrected chi connectivity index (χ3v) is 3.76. The SMILES string of the molecule is Cc1cc(C(C)C)c(S(=O)(=O)[O-])c(C(C)C)c1. The smallest absolute Gasteiger partial charge is 0.124 e. The molecule has 0 aliphatic heterocycles. The second-order valence-electron chi connectivity index (χ2n) is 5.04. The normalized spacial score (nSPS) is 12.5. The van der Waals surface area contributed by atoms with Gasteiger partial charge in [-0.1, -0.05) is 45.4 Å². The maximum absolute atomic E-state index is 11.4. The molecular formula is C13H19O3S-. The van der Waals surface area contributed by atoms with Crippen molar-refractivity contribution < 1.29 is 13.0 Å². The molecule has 0 atom stereocenters. The molecule has 0 aromatic heterocycles. The van der Waals surface area contributed by atoms with E-state index in [2.05, 4.69) is 0 Å². The van der Waals surface area contributed by atoms with Crippen LogP contribution in [0.15, 0.2) is 17.0 Å². The van der Waals surface area contributed by atoms with E-state index in [-0.39, 0.29) is 16.7 Å². The van der Waals surface area contributed by atoms with Gasteiger partial charge in [0.15, 0.2) is 0 Å². The first-order chi connectivity index (χ1) is 7.64. The zero-order valence-corrected chi connectivity index (χ0v) is 11.8. The van der Waals surface area contributed by atoms with Gasteiger partial charge in [0.25, 0.3) is 0 Å². The van der Waals surface area contributed by atoms with Crippen molar-refractivity contribution in [2.45, 2.75) is 51.3 Å². The minimum atomic E-state index is -4.42. The van der Waals surface area contributed by atoms with Crippen LogP contribution < -0.4 is 0 Å². The Morgan fingerprint density at radius 2 is 1.35 bits per heavy atom. The minimum Gasteiger partial charge on any atom is -0.744 e. The number of hydrogen-bond acceptors (Lipinski definition) is 3. The van der Waals surface area contributed by atoms with E-state index < -0.39 is 10.1 Å². The molecule has 0 N–H and O–H groups in total. The van der Waals surface area contributed by atoms with Gasteiger partial charge in [-0.05, 0) is 29.9 Å². The van der Waals surface area contributed by atoms with Crippen LogP contribution in [0.25, 0.3) is 0 Å². The first kappa shape index (κ1) is 14.2. The lowest BCUT2D eigenvalue weighted by molar-refractivity contribution is 0.459. The first-order valence-electron chi connectivity index (χ1n) is 5.75. The average Bonchev–Trinajstić information content (AvgIpc) is 2.14. The first-order valence-corrected chi connectivity index (χ1v) is 7.15. The predicted molar refractivity (Wildman–Crippen MR) is 67.3 cm³/mol. The molecular weight excluding hydrogens is 236 g/mol. The Kier molecular flexibility index (Phi) is 3.99. The van der Waals surface area contributed by atoms with E-state index in [1.54, 1.807) is 12.1 Å². The van der Waals surface area contributed by atoms with Crippen LogP contribution in [-0.4, -0.2) is 13.0 Å². The number of benzene rings is 1. The Balaban J connectivity index is 3.72. The van der Waals surface area contributed by atoms with Crippen molar-refractivity contribution in [1.82, 2.24) is 0 Å². The lowest BCUT2D eigenvalue weighted by Gasteiger charge is -2.22. The molecule has 0 heterocycles. The Labute approximate surface area is 104 Å². The summed E-state index contributed by atoms with van der Waals surface area (Å²) in [6, 6.07) is 3.59. The summed E-state index contributed by atoms with van der Waals surface area (Å²) in [4.78, 5) is -0.0203. The molecule has 0 aliphatic carbocycles. The standard InChI is InChI=1S/C13H20O3S/c1-8(2)11-6-10(5)7-12(9(3)4)13(11)17(14,15)16/h6-9H,1-5H3,(H,14,15,16)/p-1. The number of rotatable bonds is 3. The average molecular weight is 255 g/mol. The predicted octanol–water partition coefficient (Wildman–Crippen LogP) is 3.15. The van der Waals surface area contributed by atoms with E-state index >= 15 is 0 Å². The van der Waals surface area contributed by atoms with Gasteiger partial charge in [0.05, 0.1) is 4.90 Å². The van der Waals surface area contributed by atoms with Gasteiger partial charge in [0, 0.05) is 0 Å². The van der Waals surface area contributed by atoms with Crippen molar-refractivity contribution in [2.24, 2.45) is 0 Å². The van der Waals surface area contributed by atoms with E-state index in [1.165, 1.54) is 0 Å². The van der Waals surface area contributed by atoms with Crippen molar-refractivity contribution in [1.29, 1.82) is 0 Å². The second-order valence-corrected chi connectivity index (χ2v) is 6.35. The summed E-state index contributed by atoms with van der Waals surface area (Å²) in [6.07, 6.45) is 0. The molecule has 96 valence electrons. The number of hydrogen-bond donors (Lipinski definition) is 0. The highest BCUT2D eigenvalue weighted by Crippen LogP contribution is 2.32. The summed E-state index contributed by atoms with van der Waals surface area (Å²) in [5.74, 6) is 0.0391. The van der Waals surface area contributed by atoms with Crippen LogP contribution in [-0.2, 0) is 10.1 Å². The van der Waals surface area contributed by atoms with Gasteiger partial charge in [-0.3, -0.25) is 0 Å². The molecule has 0 amide bonds. The molecule has 0 radical (unpaired) electrons. The monoisotopic (exact) mass is 255 g/mol. The highest BCUT2D eigenvalue weighted by atomic mass is 32.2. The third-order valence-electron chi connectivity index (χ3n) is 2.78. The van der Waals surface area contributed by atoms with Crippen LogP contribution >= 0.6 is 0 Å². The fourth-order valence-electron chi connectivity index (χ4n) is 1.98. The quantitative estimate of drug-likeness (QED) is 0.780. The van der Waals surface area contributed by atoms with Crippen molar-refractivity contribution in [3.63, 3.8) is 0 Å². The van der Waals surface area contributed by atoms with E-state index in [0.717, 1.165) is 5.56 Å². The van der Waals surface area contributed by atoms with Crippen LogP contribution in [0.3, 0.4) is 0 Å². The van der Waals surface area contributed by atoms with E-state index in [9.17, 15) is 13.0 Å². The van der Waals surface area contributed by atoms with Crippen LogP contribution in [0.4, 0.5) is 0 Å². The molecule has 0 saturated heterocycles. The second kappa shape index (κ2) is 4.78. The zero-order valence-electron chi connectivity index (χ0n) is 10.9. The molecule has 0 unspecified atom stereocenters. The zero-order chi connectivity index (χ0) is 13.4. The highest BCUT2D eigenvalue weighted by molar-refractivity contribution is 7.85. The lowest BCUT2D eigenvalue weighted by Crippen LogP contribution is -2.10. The molecule has 3 nitrogen and oxygen atoms in total.